The molecule has 18 heavy (non-hydrogen) atoms. The fourth-order valence-corrected chi connectivity index (χ4v) is 2.25. The number of nitrogens with zero attached hydrogens (tertiary/aromatic N) is 1. The highest BCUT2D eigenvalue weighted by atomic mass is 15.1. The summed E-state index contributed by atoms with van der Waals surface area (Å²) in [6, 6.07) is 10.8. The molecule has 0 aliphatic heterocycles. The van der Waals surface area contributed by atoms with Crippen molar-refractivity contribution in [2.24, 2.45) is 11.7 Å². The van der Waals surface area contributed by atoms with Crippen LogP contribution in [0, 0.1) is 5.92 Å². The Morgan fingerprint density at radius 1 is 1.17 bits per heavy atom. The minimum Gasteiger partial charge on any atom is -0.371 e. The van der Waals surface area contributed by atoms with Gasteiger partial charge in [-0.25, -0.2) is 0 Å². The van der Waals surface area contributed by atoms with E-state index < -0.39 is 0 Å². The maximum Gasteiger partial charge on any atom is 0.0366 e. The third kappa shape index (κ3) is 5.54. The number of hydrogen-bond donors (Lipinski definition) is 1. The highest BCUT2D eigenvalue weighted by Crippen LogP contribution is 2.17. The van der Waals surface area contributed by atoms with Gasteiger partial charge in [0.15, 0.2) is 0 Å². The van der Waals surface area contributed by atoms with Crippen molar-refractivity contribution in [3.8, 4) is 0 Å². The number of unbranched alkanes of at least 4 members (excludes halogenated alkanes) is 1. The van der Waals surface area contributed by atoms with E-state index in [1.807, 2.05) is 0 Å². The molecule has 0 amide bonds. The summed E-state index contributed by atoms with van der Waals surface area (Å²) < 4.78 is 0. The van der Waals surface area contributed by atoms with Gasteiger partial charge in [0.25, 0.3) is 0 Å². The first-order chi connectivity index (χ1) is 8.77. The number of anilines is 1. The van der Waals surface area contributed by atoms with Gasteiger partial charge in [-0.05, 0) is 43.9 Å². The molecule has 2 N–H and O–H groups in total. The minimum absolute atomic E-state index is 0.714. The van der Waals surface area contributed by atoms with Crippen molar-refractivity contribution < 1.29 is 0 Å². The largest absolute Gasteiger partial charge is 0.371 e. The summed E-state index contributed by atoms with van der Waals surface area (Å²) in [4.78, 5) is 2.52. The smallest absolute Gasteiger partial charge is 0.0366 e. The van der Waals surface area contributed by atoms with Crippen LogP contribution in [0.4, 0.5) is 5.69 Å². The van der Waals surface area contributed by atoms with E-state index in [4.69, 9.17) is 5.73 Å². The highest BCUT2D eigenvalue weighted by Gasteiger charge is 2.10. The summed E-state index contributed by atoms with van der Waals surface area (Å²) in [5.74, 6) is 0.714. The molecule has 1 aromatic carbocycles. The van der Waals surface area contributed by atoms with Crippen molar-refractivity contribution in [1.29, 1.82) is 0 Å². The molecule has 1 rings (SSSR count). The zero-order valence-corrected chi connectivity index (χ0v) is 11.9. The van der Waals surface area contributed by atoms with Crippen LogP contribution in [0.3, 0.4) is 0 Å². The van der Waals surface area contributed by atoms with E-state index in [-0.39, 0.29) is 0 Å². The molecule has 0 spiro atoms. The topological polar surface area (TPSA) is 29.3 Å². The number of para-hydroxylation sites is 1. The van der Waals surface area contributed by atoms with Gasteiger partial charge in [-0.3, -0.25) is 0 Å². The van der Waals surface area contributed by atoms with Gasteiger partial charge >= 0.3 is 0 Å². The summed E-state index contributed by atoms with van der Waals surface area (Å²) in [7, 11) is 0. The molecule has 2 nitrogen and oxygen atoms in total. The summed E-state index contributed by atoms with van der Waals surface area (Å²) in [6.45, 7) is 7.70. The van der Waals surface area contributed by atoms with E-state index in [0.29, 0.717) is 5.92 Å². The molecule has 1 aromatic rings. The lowest BCUT2D eigenvalue weighted by molar-refractivity contribution is 0.499. The summed E-state index contributed by atoms with van der Waals surface area (Å²) in [5.41, 5.74) is 6.94. The molecule has 0 radical (unpaired) electrons. The summed E-state index contributed by atoms with van der Waals surface area (Å²) >= 11 is 0. The average molecular weight is 248 g/mol. The maximum atomic E-state index is 5.59. The minimum atomic E-state index is 0.714. The van der Waals surface area contributed by atoms with Gasteiger partial charge in [0.05, 0.1) is 0 Å². The van der Waals surface area contributed by atoms with Gasteiger partial charge in [0.1, 0.15) is 0 Å². The highest BCUT2D eigenvalue weighted by molar-refractivity contribution is 5.45. The van der Waals surface area contributed by atoms with Crippen molar-refractivity contribution in [3.05, 3.63) is 30.3 Å². The van der Waals surface area contributed by atoms with Gasteiger partial charge in [-0.2, -0.15) is 0 Å². The van der Waals surface area contributed by atoms with Crippen molar-refractivity contribution in [2.45, 2.75) is 39.5 Å². The van der Waals surface area contributed by atoms with Gasteiger partial charge in [0.2, 0.25) is 0 Å². The lowest BCUT2D eigenvalue weighted by atomic mass is 10.0. The molecule has 0 aliphatic carbocycles. The molecule has 0 bridgehead atoms. The molecule has 102 valence electrons. The second-order valence-electron chi connectivity index (χ2n) is 5.17. The fourth-order valence-electron chi connectivity index (χ4n) is 2.25. The van der Waals surface area contributed by atoms with Crippen LogP contribution in [0.25, 0.3) is 0 Å². The molecule has 0 aromatic heterocycles. The predicted octanol–water partition coefficient (Wildman–Crippen LogP) is 3.67. The van der Waals surface area contributed by atoms with Crippen LogP contribution in [0.1, 0.15) is 39.5 Å². The number of nitrogens with two attached hydrogens (primary N) is 1. The second-order valence-corrected chi connectivity index (χ2v) is 5.17. The van der Waals surface area contributed by atoms with Crippen LogP contribution in [-0.2, 0) is 0 Å². The quantitative estimate of drug-likeness (QED) is 0.722. The van der Waals surface area contributed by atoms with Crippen LogP contribution in [0.2, 0.25) is 0 Å². The Morgan fingerprint density at radius 3 is 2.50 bits per heavy atom. The molecule has 1 atom stereocenters. The number of rotatable bonds is 9. The van der Waals surface area contributed by atoms with E-state index in [1.165, 1.54) is 24.9 Å². The molecule has 0 saturated heterocycles. The van der Waals surface area contributed by atoms with E-state index in [0.717, 1.165) is 26.1 Å². The van der Waals surface area contributed by atoms with Crippen LogP contribution in [0.15, 0.2) is 30.3 Å². The molecule has 2 heteroatoms. The molecular formula is C16H28N2. The Hall–Kier alpha value is -1.02. The first-order valence-electron chi connectivity index (χ1n) is 7.28. The molecule has 1 unspecified atom stereocenters. The Kier molecular flexibility index (Phi) is 7.51. The lowest BCUT2D eigenvalue weighted by Crippen LogP contribution is -2.29. The zero-order chi connectivity index (χ0) is 13.2. The van der Waals surface area contributed by atoms with Gasteiger partial charge in [-0.1, -0.05) is 38.5 Å². The molecule has 0 heterocycles. The number of hydrogen-bond acceptors (Lipinski definition) is 2. The maximum absolute atomic E-state index is 5.59. The number of benzene rings is 1. The van der Waals surface area contributed by atoms with Gasteiger partial charge < -0.3 is 10.6 Å². The van der Waals surface area contributed by atoms with Gasteiger partial charge in [-0.15, -0.1) is 0 Å². The first-order valence-corrected chi connectivity index (χ1v) is 7.28. The Labute approximate surface area is 112 Å². The first kappa shape index (κ1) is 15.0. The Morgan fingerprint density at radius 2 is 1.89 bits per heavy atom. The Bertz CT molecular complexity index is 297. The standard InChI is InChI=1S/C16H28N2/c1-3-4-13-18(14-15(2)9-8-12-17)16-10-6-5-7-11-16/h5-7,10-11,15H,3-4,8-9,12-14,17H2,1-2H3. The van der Waals surface area contributed by atoms with Crippen LogP contribution in [0.5, 0.6) is 0 Å². The average Bonchev–Trinajstić information content (AvgIpc) is 2.42. The predicted molar refractivity (Wildman–Crippen MR) is 81.0 cm³/mol. The SMILES string of the molecule is CCCCN(CC(C)CCCN)c1ccccc1. The fraction of sp³-hybridized carbons (Fsp3) is 0.625. The molecule has 0 fully saturated rings. The van der Waals surface area contributed by atoms with E-state index in [1.54, 1.807) is 0 Å². The third-order valence-electron chi connectivity index (χ3n) is 3.34. The van der Waals surface area contributed by atoms with Crippen LogP contribution >= 0.6 is 0 Å². The van der Waals surface area contributed by atoms with Crippen molar-refractivity contribution in [3.63, 3.8) is 0 Å². The normalized spacial score (nSPS) is 12.4. The van der Waals surface area contributed by atoms with Gasteiger partial charge in [0, 0.05) is 18.8 Å². The zero-order valence-electron chi connectivity index (χ0n) is 11.9. The molecule has 0 saturated carbocycles. The van der Waals surface area contributed by atoms with E-state index >= 15 is 0 Å². The summed E-state index contributed by atoms with van der Waals surface area (Å²) in [6.07, 6.45) is 4.88. The molecular weight excluding hydrogens is 220 g/mol. The molecule has 0 aliphatic rings. The van der Waals surface area contributed by atoms with Crippen LogP contribution < -0.4 is 10.6 Å². The second kappa shape index (κ2) is 8.98. The third-order valence-corrected chi connectivity index (χ3v) is 3.34. The van der Waals surface area contributed by atoms with Crippen molar-refractivity contribution in [1.82, 2.24) is 0 Å². The monoisotopic (exact) mass is 248 g/mol. The lowest BCUT2D eigenvalue weighted by Gasteiger charge is -2.28. The Balaban J connectivity index is 2.55. The van der Waals surface area contributed by atoms with Crippen molar-refractivity contribution >= 4 is 5.69 Å². The van der Waals surface area contributed by atoms with E-state index in [9.17, 15) is 0 Å². The summed E-state index contributed by atoms with van der Waals surface area (Å²) in [5, 5.41) is 0. The van der Waals surface area contributed by atoms with E-state index in [2.05, 4.69) is 49.1 Å². The van der Waals surface area contributed by atoms with Crippen molar-refractivity contribution in [2.75, 3.05) is 24.5 Å². The van der Waals surface area contributed by atoms with Crippen LogP contribution in [-0.4, -0.2) is 19.6 Å².